The predicted octanol–water partition coefficient (Wildman–Crippen LogP) is 5.52. The molecule has 0 spiro atoms. The summed E-state index contributed by atoms with van der Waals surface area (Å²) in [5.41, 5.74) is 0.304. The first kappa shape index (κ1) is 29.1. The second-order valence-corrected chi connectivity index (χ2v) is 13.3. The Morgan fingerprint density at radius 1 is 0.947 bits per heavy atom. The van der Waals surface area contributed by atoms with Gasteiger partial charge in [0.25, 0.3) is 12.9 Å². The SMILES string of the molecule is CC[C@H]1[C@H](OC=O)[C@@H]2[C@H](CC[C@]3(C)[C@@H]([C@H](C)CCC(=O)CC(=O)OC)CC[C@@H]23)[C@@]2(C)CC[C@@H](OC=O)C[C@@H]12. The van der Waals surface area contributed by atoms with E-state index in [1.165, 1.54) is 7.11 Å². The molecule has 7 nitrogen and oxygen atoms in total. The Kier molecular flexibility index (Phi) is 8.93. The Morgan fingerprint density at radius 2 is 1.63 bits per heavy atom. The number of ketones is 1. The predicted molar refractivity (Wildman–Crippen MR) is 142 cm³/mol. The summed E-state index contributed by atoms with van der Waals surface area (Å²) < 4.78 is 16.2. The lowest BCUT2D eigenvalue weighted by Crippen LogP contribution is -2.62. The van der Waals surface area contributed by atoms with Crippen LogP contribution in [0.2, 0.25) is 0 Å². The van der Waals surface area contributed by atoms with Gasteiger partial charge in [0.15, 0.2) is 0 Å². The third-order valence-electron chi connectivity index (χ3n) is 12.0. The molecule has 0 aromatic heterocycles. The van der Waals surface area contributed by atoms with E-state index in [-0.39, 0.29) is 41.2 Å². The number of hydrogen-bond donors (Lipinski definition) is 0. The molecule has 214 valence electrons. The molecular formula is C31H48O7. The van der Waals surface area contributed by atoms with Gasteiger partial charge in [-0.3, -0.25) is 19.2 Å². The number of hydrogen-bond acceptors (Lipinski definition) is 7. The fourth-order valence-corrected chi connectivity index (χ4v) is 10.3. The highest BCUT2D eigenvalue weighted by Gasteiger charge is 2.66. The molecule has 4 rings (SSSR count). The van der Waals surface area contributed by atoms with Gasteiger partial charge in [-0.05, 0) is 104 Å². The van der Waals surface area contributed by atoms with Gasteiger partial charge in [-0.15, -0.1) is 0 Å². The summed E-state index contributed by atoms with van der Waals surface area (Å²) in [5.74, 6) is 2.35. The molecule has 0 radical (unpaired) electrons. The minimum atomic E-state index is -0.462. The van der Waals surface area contributed by atoms with Crippen LogP contribution in [-0.4, -0.2) is 44.0 Å². The molecular weight excluding hydrogens is 484 g/mol. The van der Waals surface area contributed by atoms with E-state index < -0.39 is 5.97 Å². The number of fused-ring (bicyclic) bond motifs is 5. The summed E-state index contributed by atoms with van der Waals surface area (Å²) in [7, 11) is 1.32. The molecule has 0 N–H and O–H groups in total. The summed E-state index contributed by atoms with van der Waals surface area (Å²) in [6.45, 7) is 10.7. The molecule has 11 atom stereocenters. The van der Waals surface area contributed by atoms with Crippen LogP contribution in [0.15, 0.2) is 0 Å². The largest absolute Gasteiger partial charge is 0.469 e. The number of methoxy groups -OCH3 is 1. The molecule has 4 saturated carbocycles. The van der Waals surface area contributed by atoms with E-state index in [1.54, 1.807) is 0 Å². The Morgan fingerprint density at radius 3 is 2.29 bits per heavy atom. The first-order valence-corrected chi connectivity index (χ1v) is 14.9. The van der Waals surface area contributed by atoms with E-state index >= 15 is 0 Å². The normalized spacial score (nSPS) is 42.6. The Hall–Kier alpha value is -1.92. The van der Waals surface area contributed by atoms with E-state index in [1.807, 2.05) is 0 Å². The van der Waals surface area contributed by atoms with Crippen LogP contribution in [0.4, 0.5) is 0 Å². The maximum atomic E-state index is 12.3. The van der Waals surface area contributed by atoms with Crippen LogP contribution < -0.4 is 0 Å². The molecule has 38 heavy (non-hydrogen) atoms. The van der Waals surface area contributed by atoms with Gasteiger partial charge in [-0.1, -0.05) is 27.7 Å². The Labute approximate surface area is 228 Å². The molecule has 0 aromatic carbocycles. The molecule has 0 aromatic rings. The number of ether oxygens (including phenoxy) is 3. The highest BCUT2D eigenvalue weighted by Crippen LogP contribution is 2.70. The molecule has 0 aliphatic heterocycles. The lowest BCUT2D eigenvalue weighted by molar-refractivity contribution is -0.213. The van der Waals surface area contributed by atoms with Crippen molar-refractivity contribution in [2.75, 3.05) is 7.11 Å². The smallest absolute Gasteiger partial charge is 0.313 e. The van der Waals surface area contributed by atoms with Crippen LogP contribution in [0.25, 0.3) is 0 Å². The summed E-state index contributed by atoms with van der Waals surface area (Å²) in [4.78, 5) is 46.8. The van der Waals surface area contributed by atoms with Crippen molar-refractivity contribution in [2.24, 2.45) is 52.3 Å². The van der Waals surface area contributed by atoms with Crippen LogP contribution in [-0.2, 0) is 33.4 Å². The van der Waals surface area contributed by atoms with Crippen molar-refractivity contribution in [3.8, 4) is 0 Å². The highest BCUT2D eigenvalue weighted by molar-refractivity contribution is 5.95. The monoisotopic (exact) mass is 532 g/mol. The van der Waals surface area contributed by atoms with Crippen LogP contribution in [0.1, 0.15) is 98.3 Å². The van der Waals surface area contributed by atoms with Crippen LogP contribution in [0, 0.1) is 52.3 Å². The maximum Gasteiger partial charge on any atom is 0.313 e. The average Bonchev–Trinajstić information content (AvgIpc) is 3.25. The van der Waals surface area contributed by atoms with Crippen molar-refractivity contribution >= 4 is 24.7 Å². The highest BCUT2D eigenvalue weighted by atomic mass is 16.5. The van der Waals surface area contributed by atoms with Crippen molar-refractivity contribution in [3.05, 3.63) is 0 Å². The number of rotatable bonds is 11. The van der Waals surface area contributed by atoms with Crippen molar-refractivity contribution in [1.29, 1.82) is 0 Å². The Balaban J connectivity index is 1.56. The van der Waals surface area contributed by atoms with Crippen LogP contribution in [0.3, 0.4) is 0 Å². The Bertz CT molecular complexity index is 887. The average molecular weight is 533 g/mol. The van der Waals surface area contributed by atoms with Crippen LogP contribution >= 0.6 is 0 Å². The van der Waals surface area contributed by atoms with Gasteiger partial charge in [0.2, 0.25) is 0 Å². The lowest BCUT2D eigenvalue weighted by atomic mass is 9.41. The molecule has 4 aliphatic carbocycles. The number of Topliss-reactive ketones (excluding diaryl/α,β-unsaturated/α-hetero) is 1. The first-order chi connectivity index (χ1) is 18.1. The molecule has 0 saturated heterocycles. The fraction of sp³-hybridized carbons (Fsp3) is 0.871. The standard InChI is InChI=1S/C31H48O7/c1-6-22-26-16-21(37-17-32)11-13-31(26,4)25-12-14-30(3)23(9-10-24(30)28(25)29(22)38-18-33)19(2)7-8-20(34)15-27(35)36-5/h17-19,21-26,28-29H,6-16H2,1-5H3/t19-,21-,22-,23-,24+,25+,26+,28+,29+,30-,31-/m1/s1. The van der Waals surface area contributed by atoms with Crippen molar-refractivity contribution in [3.63, 3.8) is 0 Å². The van der Waals surface area contributed by atoms with Crippen molar-refractivity contribution in [2.45, 2.75) is 111 Å². The summed E-state index contributed by atoms with van der Waals surface area (Å²) >= 11 is 0. The fourth-order valence-electron chi connectivity index (χ4n) is 10.3. The van der Waals surface area contributed by atoms with Gasteiger partial charge in [0, 0.05) is 12.3 Å². The molecule has 0 unspecified atom stereocenters. The third kappa shape index (κ3) is 5.03. The summed E-state index contributed by atoms with van der Waals surface area (Å²) in [6.07, 6.45) is 9.24. The van der Waals surface area contributed by atoms with Crippen molar-refractivity contribution in [1.82, 2.24) is 0 Å². The summed E-state index contributed by atoms with van der Waals surface area (Å²) in [5, 5.41) is 0. The molecule has 0 amide bonds. The van der Waals surface area contributed by atoms with Crippen molar-refractivity contribution < 1.29 is 33.4 Å². The molecule has 0 heterocycles. The van der Waals surface area contributed by atoms with E-state index in [0.29, 0.717) is 54.9 Å². The van der Waals surface area contributed by atoms with Gasteiger partial charge in [0.1, 0.15) is 24.4 Å². The van der Waals surface area contributed by atoms with Gasteiger partial charge >= 0.3 is 5.97 Å². The van der Waals surface area contributed by atoms with E-state index in [2.05, 4.69) is 32.4 Å². The topological polar surface area (TPSA) is 96.0 Å². The molecule has 0 bridgehead atoms. The van der Waals surface area contributed by atoms with Gasteiger partial charge in [-0.25, -0.2) is 0 Å². The second-order valence-electron chi connectivity index (χ2n) is 13.3. The van der Waals surface area contributed by atoms with Gasteiger partial charge in [0.05, 0.1) is 7.11 Å². The molecule has 7 heteroatoms. The number of esters is 1. The maximum absolute atomic E-state index is 12.3. The van der Waals surface area contributed by atoms with Gasteiger partial charge in [-0.2, -0.15) is 0 Å². The molecule has 4 aliphatic rings. The van der Waals surface area contributed by atoms with E-state index in [9.17, 15) is 19.2 Å². The minimum absolute atomic E-state index is 0.0412. The first-order valence-electron chi connectivity index (χ1n) is 14.9. The zero-order valence-electron chi connectivity index (χ0n) is 24.0. The lowest BCUT2D eigenvalue weighted by Gasteiger charge is -2.65. The summed E-state index contributed by atoms with van der Waals surface area (Å²) in [6, 6.07) is 0. The zero-order chi connectivity index (χ0) is 27.7. The second kappa shape index (κ2) is 11.7. The van der Waals surface area contributed by atoms with E-state index in [4.69, 9.17) is 9.47 Å². The van der Waals surface area contributed by atoms with Gasteiger partial charge < -0.3 is 14.2 Å². The molecule has 4 fully saturated rings. The number of carbonyl (C=O) groups is 4. The third-order valence-corrected chi connectivity index (χ3v) is 12.0. The zero-order valence-corrected chi connectivity index (χ0v) is 24.0. The minimum Gasteiger partial charge on any atom is -0.469 e. The van der Waals surface area contributed by atoms with E-state index in [0.717, 1.165) is 57.8 Å². The quantitative estimate of drug-likeness (QED) is 0.150. The van der Waals surface area contributed by atoms with Crippen LogP contribution in [0.5, 0.6) is 0 Å². The number of carbonyl (C=O) groups excluding carboxylic acids is 4.